The Bertz CT molecular complexity index is 630. The molecule has 1 aromatic carbocycles. The van der Waals surface area contributed by atoms with Crippen molar-refractivity contribution in [2.45, 2.75) is 45.3 Å². The van der Waals surface area contributed by atoms with Crippen LogP contribution in [0.15, 0.2) is 18.2 Å². The van der Waals surface area contributed by atoms with Crippen molar-refractivity contribution in [3.63, 3.8) is 0 Å². The molecule has 1 N–H and O–H groups in total. The van der Waals surface area contributed by atoms with E-state index in [0.717, 1.165) is 18.9 Å². The molecule has 1 saturated heterocycles. The smallest absolute Gasteiger partial charge is 0.407 e. The molecular weight excluding hydrogens is 317 g/mol. The number of amides is 1. The van der Waals surface area contributed by atoms with Crippen LogP contribution in [0.25, 0.3) is 0 Å². The summed E-state index contributed by atoms with van der Waals surface area (Å²) >= 11 is 0. The molecule has 1 heterocycles. The summed E-state index contributed by atoms with van der Waals surface area (Å²) in [6.07, 6.45) is 1.00. The molecule has 1 fully saturated rings. The Balaban J connectivity index is 2.08. The van der Waals surface area contributed by atoms with Crippen LogP contribution in [0.5, 0.6) is 0 Å². The van der Waals surface area contributed by atoms with E-state index < -0.39 is 22.4 Å². The minimum absolute atomic E-state index is 0.182. The zero-order valence-corrected chi connectivity index (χ0v) is 14.0. The molecule has 8 heteroatoms. The molecule has 1 aromatic rings. The van der Waals surface area contributed by atoms with Gasteiger partial charge in [0.25, 0.3) is 5.69 Å². The third-order valence-corrected chi connectivity index (χ3v) is 3.62. The van der Waals surface area contributed by atoms with E-state index in [9.17, 15) is 19.3 Å². The van der Waals surface area contributed by atoms with Crippen molar-refractivity contribution in [2.75, 3.05) is 18.0 Å². The number of halogens is 1. The normalized spacial score (nSPS) is 18.2. The van der Waals surface area contributed by atoms with Gasteiger partial charge in [-0.05, 0) is 45.7 Å². The van der Waals surface area contributed by atoms with Gasteiger partial charge in [-0.15, -0.1) is 0 Å². The van der Waals surface area contributed by atoms with Gasteiger partial charge in [0.05, 0.1) is 11.0 Å². The van der Waals surface area contributed by atoms with E-state index in [2.05, 4.69) is 5.32 Å². The molecule has 1 aliphatic rings. The van der Waals surface area contributed by atoms with Crippen LogP contribution in [-0.4, -0.2) is 35.7 Å². The van der Waals surface area contributed by atoms with Gasteiger partial charge >= 0.3 is 6.09 Å². The van der Waals surface area contributed by atoms with Crippen molar-refractivity contribution in [1.29, 1.82) is 0 Å². The molecule has 1 atom stereocenters. The number of piperidine rings is 1. The Morgan fingerprint density at radius 2 is 2.17 bits per heavy atom. The maximum absolute atomic E-state index is 13.3. The van der Waals surface area contributed by atoms with Crippen molar-refractivity contribution in [3.05, 3.63) is 34.1 Å². The number of carbonyl (C=O) groups excluding carboxylic acids is 1. The number of nitro groups is 1. The lowest BCUT2D eigenvalue weighted by Gasteiger charge is -2.34. The molecule has 0 unspecified atom stereocenters. The highest BCUT2D eigenvalue weighted by Crippen LogP contribution is 2.31. The molecular formula is C16H22FN3O4. The van der Waals surface area contributed by atoms with Crippen molar-refractivity contribution < 1.29 is 18.8 Å². The molecule has 0 bridgehead atoms. The van der Waals surface area contributed by atoms with Crippen LogP contribution in [0.4, 0.5) is 20.6 Å². The topological polar surface area (TPSA) is 84.7 Å². The molecule has 0 spiro atoms. The minimum Gasteiger partial charge on any atom is -0.444 e. The number of anilines is 1. The summed E-state index contributed by atoms with van der Waals surface area (Å²) in [4.78, 5) is 24.2. The number of hydrogen-bond donors (Lipinski definition) is 1. The molecule has 1 amide bonds. The van der Waals surface area contributed by atoms with Gasteiger partial charge in [-0.25, -0.2) is 9.18 Å². The highest BCUT2D eigenvalue weighted by atomic mass is 19.1. The van der Waals surface area contributed by atoms with E-state index in [0.29, 0.717) is 18.8 Å². The van der Waals surface area contributed by atoms with Crippen LogP contribution in [0.3, 0.4) is 0 Å². The van der Waals surface area contributed by atoms with Crippen molar-refractivity contribution in [3.8, 4) is 0 Å². The van der Waals surface area contributed by atoms with Crippen LogP contribution in [-0.2, 0) is 4.74 Å². The molecule has 2 rings (SSSR count). The number of benzene rings is 1. The van der Waals surface area contributed by atoms with Crippen LogP contribution in [0.2, 0.25) is 0 Å². The number of nitrogens with one attached hydrogen (secondary N) is 1. The van der Waals surface area contributed by atoms with Crippen molar-refractivity contribution in [1.82, 2.24) is 5.32 Å². The van der Waals surface area contributed by atoms with E-state index in [4.69, 9.17) is 4.74 Å². The number of nitro benzene ring substituents is 1. The average Bonchev–Trinajstić information content (AvgIpc) is 2.45. The van der Waals surface area contributed by atoms with Gasteiger partial charge in [-0.2, -0.15) is 0 Å². The third kappa shape index (κ3) is 4.81. The number of alkyl carbamates (subject to hydrolysis) is 1. The first kappa shape index (κ1) is 18.0. The van der Waals surface area contributed by atoms with Gasteiger partial charge in [0.2, 0.25) is 0 Å². The molecule has 0 aromatic heterocycles. The van der Waals surface area contributed by atoms with Crippen LogP contribution in [0.1, 0.15) is 33.6 Å². The third-order valence-electron chi connectivity index (χ3n) is 3.62. The molecule has 132 valence electrons. The lowest BCUT2D eigenvalue weighted by Crippen LogP contribution is -2.49. The summed E-state index contributed by atoms with van der Waals surface area (Å²) in [7, 11) is 0. The van der Waals surface area contributed by atoms with Gasteiger partial charge in [0, 0.05) is 19.1 Å². The summed E-state index contributed by atoms with van der Waals surface area (Å²) in [6.45, 7) is 6.36. The fourth-order valence-electron chi connectivity index (χ4n) is 2.70. The second kappa shape index (κ2) is 7.02. The Morgan fingerprint density at radius 3 is 2.79 bits per heavy atom. The largest absolute Gasteiger partial charge is 0.444 e. The molecule has 0 saturated carbocycles. The average molecular weight is 339 g/mol. The number of rotatable bonds is 3. The number of ether oxygens (including phenoxy) is 1. The Morgan fingerprint density at radius 1 is 1.46 bits per heavy atom. The quantitative estimate of drug-likeness (QED) is 0.675. The molecule has 24 heavy (non-hydrogen) atoms. The van der Waals surface area contributed by atoms with Gasteiger partial charge in [-0.3, -0.25) is 10.1 Å². The molecule has 1 aliphatic heterocycles. The summed E-state index contributed by atoms with van der Waals surface area (Å²) in [6, 6.07) is 3.34. The maximum Gasteiger partial charge on any atom is 0.407 e. The second-order valence-electron chi connectivity index (χ2n) is 6.82. The predicted molar refractivity (Wildman–Crippen MR) is 87.7 cm³/mol. The Hall–Kier alpha value is -2.38. The summed E-state index contributed by atoms with van der Waals surface area (Å²) in [5.74, 6) is -0.647. The van der Waals surface area contributed by atoms with Crippen molar-refractivity contribution in [2.24, 2.45) is 0 Å². The summed E-state index contributed by atoms with van der Waals surface area (Å²) < 4.78 is 18.5. The van der Waals surface area contributed by atoms with Gasteiger partial charge < -0.3 is 15.0 Å². The highest BCUT2D eigenvalue weighted by molar-refractivity contribution is 5.68. The van der Waals surface area contributed by atoms with E-state index >= 15 is 0 Å². The van der Waals surface area contributed by atoms with Gasteiger partial charge in [0.15, 0.2) is 0 Å². The minimum atomic E-state index is -0.647. The molecule has 0 aliphatic carbocycles. The lowest BCUT2D eigenvalue weighted by atomic mass is 10.0. The second-order valence-corrected chi connectivity index (χ2v) is 6.82. The Labute approximate surface area is 139 Å². The first-order valence-corrected chi connectivity index (χ1v) is 7.84. The van der Waals surface area contributed by atoms with E-state index in [1.54, 1.807) is 25.7 Å². The zero-order valence-electron chi connectivity index (χ0n) is 14.0. The first-order chi connectivity index (χ1) is 11.2. The summed E-state index contributed by atoms with van der Waals surface area (Å²) in [5, 5.41) is 13.9. The molecule has 7 nitrogen and oxygen atoms in total. The van der Waals surface area contributed by atoms with Crippen LogP contribution in [0, 0.1) is 15.9 Å². The van der Waals surface area contributed by atoms with Crippen LogP contribution < -0.4 is 10.2 Å². The zero-order chi connectivity index (χ0) is 17.9. The highest BCUT2D eigenvalue weighted by Gasteiger charge is 2.28. The van der Waals surface area contributed by atoms with E-state index in [1.807, 2.05) is 0 Å². The summed E-state index contributed by atoms with van der Waals surface area (Å²) in [5.41, 5.74) is -0.501. The number of carbonyl (C=O) groups is 1. The van der Waals surface area contributed by atoms with E-state index in [-0.39, 0.29) is 11.7 Å². The van der Waals surface area contributed by atoms with Gasteiger partial charge in [-0.1, -0.05) is 0 Å². The lowest BCUT2D eigenvalue weighted by molar-refractivity contribution is -0.384. The monoisotopic (exact) mass is 339 g/mol. The standard InChI is InChI=1S/C16H22FN3O4/c1-16(2,3)24-15(21)18-12-5-4-8-19(10-12)13-7-6-11(17)9-14(13)20(22)23/h6-7,9,12H,4-5,8,10H2,1-3H3,(H,18,21)/t12-/m0/s1. The maximum atomic E-state index is 13.3. The first-order valence-electron chi connectivity index (χ1n) is 7.84. The fourth-order valence-corrected chi connectivity index (χ4v) is 2.70. The predicted octanol–water partition coefficient (Wildman–Crippen LogP) is 3.23. The SMILES string of the molecule is CC(C)(C)OC(=O)N[C@H]1CCCN(c2ccc(F)cc2[N+](=O)[O-])C1. The number of hydrogen-bond acceptors (Lipinski definition) is 5. The van der Waals surface area contributed by atoms with Crippen LogP contribution >= 0.6 is 0 Å². The molecule has 0 radical (unpaired) electrons. The van der Waals surface area contributed by atoms with Gasteiger partial charge in [0.1, 0.15) is 17.1 Å². The van der Waals surface area contributed by atoms with Crippen molar-refractivity contribution >= 4 is 17.5 Å². The van der Waals surface area contributed by atoms with E-state index in [1.165, 1.54) is 12.1 Å². The Kier molecular flexibility index (Phi) is 5.26. The fraction of sp³-hybridized carbons (Fsp3) is 0.562. The number of nitrogens with zero attached hydrogens (tertiary/aromatic N) is 2.